The Labute approximate surface area is 189 Å². The summed E-state index contributed by atoms with van der Waals surface area (Å²) in [6, 6.07) is 9.52. The van der Waals surface area contributed by atoms with E-state index >= 15 is 0 Å². The highest BCUT2D eigenvalue weighted by Crippen LogP contribution is 2.38. The number of aliphatic hydroxyl groups excluding tert-OH is 4. The smallest absolute Gasteiger partial charge is 0.316 e. The van der Waals surface area contributed by atoms with Crippen molar-refractivity contribution in [2.24, 2.45) is 5.73 Å². The number of carbonyl (C=O) groups is 1. The summed E-state index contributed by atoms with van der Waals surface area (Å²) < 4.78 is 6.02. The molecule has 0 aliphatic carbocycles. The van der Waals surface area contributed by atoms with E-state index in [1.807, 2.05) is 19.1 Å². The summed E-state index contributed by atoms with van der Waals surface area (Å²) in [5, 5.41) is 52.1. The topological polar surface area (TPSA) is 166 Å². The lowest BCUT2D eigenvalue weighted by molar-refractivity contribution is -0.0910. The van der Waals surface area contributed by atoms with Crippen LogP contribution in [-0.2, 0) is 12.8 Å². The molecule has 10 heteroatoms. The Morgan fingerprint density at radius 1 is 1.12 bits per heavy atom. The van der Waals surface area contributed by atoms with Crippen LogP contribution in [-0.4, -0.2) is 67.2 Å². The normalized spacial score (nSPS) is 25.3. The SMILES string of the molecule is CCc1cc(O)cc(O[C@@H]2S[C@H](CO)[C@@H](O)[C@H](O)[C@H]2O)c1Cc1ccc(NC(N)=O)cc1. The van der Waals surface area contributed by atoms with Crippen molar-refractivity contribution in [1.29, 1.82) is 0 Å². The van der Waals surface area contributed by atoms with E-state index in [1.54, 1.807) is 18.2 Å². The Balaban J connectivity index is 1.89. The summed E-state index contributed by atoms with van der Waals surface area (Å²) in [5.41, 5.74) is 7.27. The fourth-order valence-electron chi connectivity index (χ4n) is 3.65. The van der Waals surface area contributed by atoms with Crippen LogP contribution in [0.1, 0.15) is 23.6 Å². The lowest BCUT2D eigenvalue weighted by Crippen LogP contribution is -2.55. The average molecular weight is 465 g/mol. The van der Waals surface area contributed by atoms with Crippen LogP contribution in [0.15, 0.2) is 36.4 Å². The summed E-state index contributed by atoms with van der Waals surface area (Å²) in [5.74, 6) is 0.328. The zero-order valence-electron chi connectivity index (χ0n) is 17.5. The predicted octanol–water partition coefficient (Wildman–Crippen LogP) is 0.931. The third-order valence-electron chi connectivity index (χ3n) is 5.36. The third-order valence-corrected chi connectivity index (χ3v) is 6.78. The van der Waals surface area contributed by atoms with Gasteiger partial charge in [0.2, 0.25) is 0 Å². The van der Waals surface area contributed by atoms with Crippen LogP contribution >= 0.6 is 11.8 Å². The first kappa shape index (κ1) is 24.1. The number of ether oxygens (including phenoxy) is 1. The molecule has 174 valence electrons. The zero-order valence-corrected chi connectivity index (χ0v) is 18.3. The summed E-state index contributed by atoms with van der Waals surface area (Å²) >= 11 is 1.02. The fraction of sp³-hybridized carbons (Fsp3) is 0.409. The van der Waals surface area contributed by atoms with E-state index in [4.69, 9.17) is 10.5 Å². The van der Waals surface area contributed by atoms with E-state index < -0.39 is 41.6 Å². The monoisotopic (exact) mass is 464 g/mol. The summed E-state index contributed by atoms with van der Waals surface area (Å²) in [7, 11) is 0. The molecular formula is C22H28N2O7S. The standard InChI is InChI=1S/C22H28N2O7S/c1-2-12-8-14(26)9-16(31-21-20(29)19(28)18(27)17(10-25)32-21)15(12)7-11-3-5-13(6-4-11)24-22(23)30/h3-6,8-9,17-21,25-29H,2,7,10H2,1H3,(H3,23,24,30)/t17-,18-,19+,20-,21-/m1/s1. The average Bonchev–Trinajstić information content (AvgIpc) is 2.76. The zero-order chi connectivity index (χ0) is 23.4. The van der Waals surface area contributed by atoms with Gasteiger partial charge < -0.3 is 41.3 Å². The number of anilines is 1. The number of rotatable bonds is 7. The molecule has 3 rings (SSSR count). The van der Waals surface area contributed by atoms with Crippen molar-refractivity contribution in [1.82, 2.24) is 0 Å². The molecule has 9 nitrogen and oxygen atoms in total. The van der Waals surface area contributed by atoms with Gasteiger partial charge in [-0.1, -0.05) is 19.1 Å². The number of phenols is 1. The number of urea groups is 1. The molecule has 0 spiro atoms. The number of aryl methyl sites for hydroxylation is 1. The van der Waals surface area contributed by atoms with Crippen molar-refractivity contribution in [2.45, 2.75) is 48.8 Å². The molecule has 1 heterocycles. The van der Waals surface area contributed by atoms with Gasteiger partial charge in [0.1, 0.15) is 23.7 Å². The Morgan fingerprint density at radius 2 is 1.81 bits per heavy atom. The van der Waals surface area contributed by atoms with E-state index in [2.05, 4.69) is 5.32 Å². The number of carbonyl (C=O) groups excluding carboxylic acids is 1. The van der Waals surface area contributed by atoms with Crippen molar-refractivity contribution < 1.29 is 35.1 Å². The summed E-state index contributed by atoms with van der Waals surface area (Å²) in [6.45, 7) is 1.54. The van der Waals surface area contributed by atoms with E-state index in [0.717, 1.165) is 28.5 Å². The number of phenolic OH excluding ortho intramolecular Hbond substituents is 1. The van der Waals surface area contributed by atoms with Gasteiger partial charge in [0.05, 0.1) is 18.0 Å². The third kappa shape index (κ3) is 5.45. The number of nitrogens with one attached hydrogen (secondary N) is 1. The number of aromatic hydroxyl groups is 1. The molecule has 8 N–H and O–H groups in total. The first-order valence-electron chi connectivity index (χ1n) is 10.2. The Bertz CT molecular complexity index is 939. The first-order chi connectivity index (χ1) is 15.2. The van der Waals surface area contributed by atoms with Gasteiger partial charge in [-0.2, -0.15) is 0 Å². The van der Waals surface area contributed by atoms with E-state index in [9.17, 15) is 30.3 Å². The van der Waals surface area contributed by atoms with Gasteiger partial charge in [0, 0.05) is 23.7 Å². The molecule has 2 aromatic carbocycles. The van der Waals surface area contributed by atoms with Crippen LogP contribution in [0.2, 0.25) is 0 Å². The molecule has 0 aromatic heterocycles. The maximum absolute atomic E-state index is 11.0. The highest BCUT2D eigenvalue weighted by molar-refractivity contribution is 8.00. The maximum Gasteiger partial charge on any atom is 0.316 e. The number of thioether (sulfide) groups is 1. The maximum atomic E-state index is 11.0. The number of hydrogen-bond acceptors (Lipinski definition) is 8. The molecule has 2 amide bonds. The summed E-state index contributed by atoms with van der Waals surface area (Å²) in [4.78, 5) is 11.0. The number of nitrogens with two attached hydrogens (primary N) is 1. The van der Waals surface area contributed by atoms with Crippen molar-refractivity contribution in [3.05, 3.63) is 53.1 Å². The van der Waals surface area contributed by atoms with Gasteiger partial charge >= 0.3 is 6.03 Å². The van der Waals surface area contributed by atoms with Gasteiger partial charge in [0.25, 0.3) is 0 Å². The van der Waals surface area contributed by atoms with E-state index in [0.29, 0.717) is 24.3 Å². The largest absolute Gasteiger partial charge is 0.508 e. The molecule has 32 heavy (non-hydrogen) atoms. The molecule has 0 bridgehead atoms. The number of amides is 2. The summed E-state index contributed by atoms with van der Waals surface area (Å²) in [6.07, 6.45) is -3.10. The lowest BCUT2D eigenvalue weighted by atomic mass is 9.96. The molecular weight excluding hydrogens is 436 g/mol. The van der Waals surface area contributed by atoms with E-state index in [1.165, 1.54) is 6.07 Å². The molecule has 5 atom stereocenters. The van der Waals surface area contributed by atoms with Crippen LogP contribution in [0.5, 0.6) is 11.5 Å². The van der Waals surface area contributed by atoms with Crippen LogP contribution < -0.4 is 15.8 Å². The van der Waals surface area contributed by atoms with Crippen LogP contribution in [0.25, 0.3) is 0 Å². The van der Waals surface area contributed by atoms with Gasteiger partial charge in [-0.3, -0.25) is 0 Å². The van der Waals surface area contributed by atoms with Crippen molar-refractivity contribution >= 4 is 23.5 Å². The molecule has 1 aliphatic rings. The Kier molecular flexibility index (Phi) is 7.86. The Hall–Kier alpha value is -2.50. The molecule has 1 fully saturated rings. The second kappa shape index (κ2) is 10.4. The quantitative estimate of drug-likeness (QED) is 0.318. The highest BCUT2D eigenvalue weighted by atomic mass is 32.2. The number of benzene rings is 2. The second-order valence-corrected chi connectivity index (χ2v) is 8.96. The molecule has 0 saturated carbocycles. The molecule has 0 radical (unpaired) electrons. The molecule has 1 aliphatic heterocycles. The van der Waals surface area contributed by atoms with Crippen LogP contribution in [0.3, 0.4) is 0 Å². The molecule has 0 unspecified atom stereocenters. The van der Waals surface area contributed by atoms with Crippen molar-refractivity contribution in [3.8, 4) is 11.5 Å². The number of hydrogen-bond donors (Lipinski definition) is 7. The molecule has 2 aromatic rings. The van der Waals surface area contributed by atoms with Gasteiger partial charge in [-0.05, 0) is 35.7 Å². The second-order valence-electron chi connectivity index (χ2n) is 7.61. The van der Waals surface area contributed by atoms with Gasteiger partial charge in [0.15, 0.2) is 5.44 Å². The van der Waals surface area contributed by atoms with E-state index in [-0.39, 0.29) is 5.75 Å². The Morgan fingerprint density at radius 3 is 2.41 bits per heavy atom. The molecule has 1 saturated heterocycles. The van der Waals surface area contributed by atoms with Crippen LogP contribution in [0, 0.1) is 0 Å². The minimum Gasteiger partial charge on any atom is -0.508 e. The van der Waals surface area contributed by atoms with Crippen molar-refractivity contribution in [3.63, 3.8) is 0 Å². The minimum atomic E-state index is -1.48. The number of aliphatic hydroxyl groups is 4. The highest BCUT2D eigenvalue weighted by Gasteiger charge is 2.44. The minimum absolute atomic E-state index is 0.00352. The fourth-order valence-corrected chi connectivity index (χ4v) is 4.88. The van der Waals surface area contributed by atoms with Crippen LogP contribution in [0.4, 0.5) is 10.5 Å². The van der Waals surface area contributed by atoms with Gasteiger partial charge in [-0.25, -0.2) is 4.79 Å². The van der Waals surface area contributed by atoms with Crippen molar-refractivity contribution in [2.75, 3.05) is 11.9 Å². The predicted molar refractivity (Wildman–Crippen MR) is 121 cm³/mol. The first-order valence-corrected chi connectivity index (χ1v) is 11.1. The lowest BCUT2D eigenvalue weighted by Gasteiger charge is -2.39. The van der Waals surface area contributed by atoms with Gasteiger partial charge in [-0.15, -0.1) is 11.8 Å². The number of primary amides is 1.